The minimum atomic E-state index is -2.12. The van der Waals surface area contributed by atoms with E-state index in [1.54, 1.807) is 0 Å². The Labute approximate surface area is 243 Å². The molecular formula is C29H30Cl3NO6. The van der Waals surface area contributed by atoms with Crippen molar-refractivity contribution in [2.24, 2.45) is 0 Å². The van der Waals surface area contributed by atoms with E-state index in [9.17, 15) is 5.11 Å². The highest BCUT2D eigenvalue weighted by Gasteiger charge is 2.50. The zero-order chi connectivity index (χ0) is 27.7. The Morgan fingerprint density at radius 1 is 0.692 bits per heavy atom. The van der Waals surface area contributed by atoms with Crippen molar-refractivity contribution >= 4 is 40.7 Å². The lowest BCUT2D eigenvalue weighted by Gasteiger charge is -2.45. The number of nitrogens with one attached hydrogen (secondary N) is 1. The Balaban J connectivity index is 1.64. The van der Waals surface area contributed by atoms with Crippen LogP contribution in [0.4, 0.5) is 0 Å². The summed E-state index contributed by atoms with van der Waals surface area (Å²) in [5.74, 6) is -0.645. The van der Waals surface area contributed by atoms with Gasteiger partial charge in [-0.05, 0) is 16.7 Å². The van der Waals surface area contributed by atoms with E-state index in [-0.39, 0.29) is 19.8 Å². The molecule has 10 heteroatoms. The molecule has 7 nitrogen and oxygen atoms in total. The number of alkyl halides is 3. The van der Waals surface area contributed by atoms with E-state index < -0.39 is 47.0 Å². The van der Waals surface area contributed by atoms with Gasteiger partial charge in [0.2, 0.25) is 12.2 Å². The maximum atomic E-state index is 10.3. The molecular weight excluding hydrogens is 565 g/mol. The number of hydrogen-bond donors (Lipinski definition) is 2. The molecule has 0 spiro atoms. The van der Waals surface area contributed by atoms with Gasteiger partial charge < -0.3 is 28.8 Å². The lowest BCUT2D eigenvalue weighted by Crippen LogP contribution is -2.62. The molecule has 1 aliphatic rings. The van der Waals surface area contributed by atoms with Crippen molar-refractivity contribution in [2.45, 2.75) is 54.3 Å². The number of aliphatic hydroxyl groups excluding tert-OH is 1. The minimum Gasteiger partial charge on any atom is -0.445 e. The largest absolute Gasteiger partial charge is 0.445 e. The zero-order valence-electron chi connectivity index (χ0n) is 21.0. The highest BCUT2D eigenvalue weighted by molar-refractivity contribution is 6.76. The van der Waals surface area contributed by atoms with Crippen LogP contribution in [0.25, 0.3) is 0 Å². The summed E-state index contributed by atoms with van der Waals surface area (Å²) < 4.78 is 28.6. The molecule has 3 aromatic carbocycles. The molecule has 1 heterocycles. The maximum Gasteiger partial charge on any atom is 0.265 e. The molecule has 5 atom stereocenters. The second kappa shape index (κ2) is 14.4. The predicted molar refractivity (Wildman–Crippen MR) is 150 cm³/mol. The van der Waals surface area contributed by atoms with Crippen molar-refractivity contribution in [1.29, 1.82) is 5.41 Å². The summed E-state index contributed by atoms with van der Waals surface area (Å²) in [6, 6.07) is 28.8. The van der Waals surface area contributed by atoms with Crippen LogP contribution in [0.1, 0.15) is 16.7 Å². The van der Waals surface area contributed by atoms with Crippen LogP contribution in [-0.4, -0.2) is 52.1 Å². The van der Waals surface area contributed by atoms with Crippen LogP contribution < -0.4 is 0 Å². The second-order valence-electron chi connectivity index (χ2n) is 8.95. The van der Waals surface area contributed by atoms with Crippen molar-refractivity contribution < 1.29 is 28.8 Å². The number of benzene rings is 3. The van der Waals surface area contributed by atoms with E-state index in [1.807, 2.05) is 91.0 Å². The Bertz CT molecular complexity index is 1150. The van der Waals surface area contributed by atoms with Gasteiger partial charge in [-0.1, -0.05) is 126 Å². The van der Waals surface area contributed by atoms with E-state index >= 15 is 0 Å². The van der Waals surface area contributed by atoms with Crippen molar-refractivity contribution in [2.75, 3.05) is 6.61 Å². The Kier molecular flexibility index (Phi) is 11.0. The van der Waals surface area contributed by atoms with E-state index in [4.69, 9.17) is 63.9 Å². The third kappa shape index (κ3) is 8.64. The highest BCUT2D eigenvalue weighted by Crippen LogP contribution is 2.34. The lowest BCUT2D eigenvalue weighted by atomic mass is 9.98. The quantitative estimate of drug-likeness (QED) is 0.165. The first kappa shape index (κ1) is 29.8. The van der Waals surface area contributed by atoms with E-state index in [1.165, 1.54) is 0 Å². The van der Waals surface area contributed by atoms with Crippen LogP contribution in [0.2, 0.25) is 0 Å². The molecule has 0 saturated carbocycles. The maximum absolute atomic E-state index is 10.3. The van der Waals surface area contributed by atoms with Gasteiger partial charge in [0.15, 0.2) is 0 Å². The van der Waals surface area contributed by atoms with Gasteiger partial charge in [-0.2, -0.15) is 0 Å². The minimum absolute atomic E-state index is 0.191. The fraction of sp³-hybridized carbons (Fsp3) is 0.345. The summed E-state index contributed by atoms with van der Waals surface area (Å²) in [6.07, 6.45) is -4.55. The van der Waals surface area contributed by atoms with Gasteiger partial charge in [-0.25, -0.2) is 0 Å². The fourth-order valence-corrected chi connectivity index (χ4v) is 4.30. The summed E-state index contributed by atoms with van der Waals surface area (Å²) in [4.78, 5) is 0. The lowest BCUT2D eigenvalue weighted by molar-refractivity contribution is -0.311. The van der Waals surface area contributed by atoms with E-state index in [0.717, 1.165) is 16.7 Å². The van der Waals surface area contributed by atoms with E-state index in [0.29, 0.717) is 0 Å². The van der Waals surface area contributed by atoms with Crippen LogP contribution in [0.15, 0.2) is 91.0 Å². The van der Waals surface area contributed by atoms with Gasteiger partial charge in [0.25, 0.3) is 3.79 Å². The smallest absolute Gasteiger partial charge is 0.265 e. The molecule has 1 saturated heterocycles. The summed E-state index contributed by atoms with van der Waals surface area (Å²) in [6.45, 7) is 0.263. The summed E-state index contributed by atoms with van der Waals surface area (Å²) in [7, 11) is 0. The summed E-state index contributed by atoms with van der Waals surface area (Å²) >= 11 is 17.7. The molecule has 39 heavy (non-hydrogen) atoms. The van der Waals surface area contributed by atoms with Crippen molar-refractivity contribution in [3.63, 3.8) is 0 Å². The Hall–Kier alpha value is -2.20. The average Bonchev–Trinajstić information content (AvgIpc) is 2.95. The predicted octanol–water partition coefficient (Wildman–Crippen LogP) is 5.82. The third-order valence-corrected chi connectivity index (χ3v) is 6.63. The van der Waals surface area contributed by atoms with Crippen molar-refractivity contribution in [3.8, 4) is 0 Å². The van der Waals surface area contributed by atoms with Gasteiger partial charge in [0, 0.05) is 0 Å². The first-order valence-corrected chi connectivity index (χ1v) is 13.5. The van der Waals surface area contributed by atoms with Gasteiger partial charge in [-0.3, -0.25) is 5.41 Å². The summed E-state index contributed by atoms with van der Waals surface area (Å²) in [5.41, 5.74) is 2.77. The fourth-order valence-electron chi connectivity index (χ4n) is 4.17. The molecule has 0 radical (unpaired) electrons. The number of ether oxygens (including phenoxy) is 5. The first-order valence-electron chi connectivity index (χ1n) is 12.4. The topological polar surface area (TPSA) is 90.2 Å². The molecule has 2 N–H and O–H groups in total. The molecule has 208 valence electrons. The Morgan fingerprint density at radius 3 is 1.51 bits per heavy atom. The molecule has 0 bridgehead atoms. The van der Waals surface area contributed by atoms with Gasteiger partial charge in [0.1, 0.15) is 24.4 Å². The second-order valence-corrected chi connectivity index (χ2v) is 11.2. The molecule has 0 aromatic heterocycles. The molecule has 1 fully saturated rings. The van der Waals surface area contributed by atoms with Crippen molar-refractivity contribution in [3.05, 3.63) is 108 Å². The van der Waals surface area contributed by atoms with Crippen molar-refractivity contribution in [1.82, 2.24) is 0 Å². The Morgan fingerprint density at radius 2 is 1.10 bits per heavy atom. The zero-order valence-corrected chi connectivity index (χ0v) is 23.3. The number of hydrogen-bond acceptors (Lipinski definition) is 7. The number of aliphatic hydroxyl groups is 1. The SMILES string of the molecule is N=C(O[C@H]1OC(CO)[C@@H](OCc2ccccc2)C(OCc2ccccc2)C1OCc1ccccc1)C(Cl)(Cl)Cl. The molecule has 1 aliphatic heterocycles. The first-order chi connectivity index (χ1) is 18.8. The standard InChI is InChI=1S/C29H30Cl3NO6/c30-29(31,32)28(33)39-27-26(37-19-22-14-8-3-9-15-22)25(36-18-21-12-6-2-7-13-21)24(23(16-34)38-27)35-17-20-10-4-1-5-11-20/h1-15,23-27,33-34H,16-19H2/t23?,24-,25?,26?,27-/m1/s1. The van der Waals surface area contributed by atoms with Gasteiger partial charge in [-0.15, -0.1) is 0 Å². The highest BCUT2D eigenvalue weighted by atomic mass is 35.6. The normalized spacial score (nSPS) is 23.3. The monoisotopic (exact) mass is 593 g/mol. The molecule has 0 aliphatic carbocycles. The van der Waals surface area contributed by atoms with Crippen LogP contribution in [-0.2, 0) is 43.5 Å². The van der Waals surface area contributed by atoms with Crippen LogP contribution >= 0.6 is 34.8 Å². The van der Waals surface area contributed by atoms with Crippen LogP contribution in [0, 0.1) is 5.41 Å². The molecule has 3 unspecified atom stereocenters. The number of rotatable bonds is 11. The van der Waals surface area contributed by atoms with Crippen LogP contribution in [0.5, 0.6) is 0 Å². The molecule has 0 amide bonds. The third-order valence-electron chi connectivity index (χ3n) is 6.12. The molecule has 4 rings (SSSR count). The summed E-state index contributed by atoms with van der Waals surface area (Å²) in [5, 5.41) is 18.4. The molecule has 3 aromatic rings. The van der Waals surface area contributed by atoms with Crippen LogP contribution in [0.3, 0.4) is 0 Å². The van der Waals surface area contributed by atoms with E-state index in [2.05, 4.69) is 0 Å². The average molecular weight is 595 g/mol. The van der Waals surface area contributed by atoms with Gasteiger partial charge in [0.05, 0.1) is 26.4 Å². The van der Waals surface area contributed by atoms with Gasteiger partial charge >= 0.3 is 0 Å². The number of halogens is 3.